The molecule has 2 aliphatic heterocycles. The fourth-order valence-corrected chi connectivity index (χ4v) is 5.61. The monoisotopic (exact) mass is 368 g/mol. The van der Waals surface area contributed by atoms with Gasteiger partial charge in [-0.1, -0.05) is 13.3 Å². The molecule has 1 amide bonds. The van der Waals surface area contributed by atoms with E-state index in [1.807, 2.05) is 4.90 Å². The Labute approximate surface area is 150 Å². The number of carbonyl (C=O) groups excluding carboxylic acids is 1. The van der Waals surface area contributed by atoms with Crippen LogP contribution in [0.15, 0.2) is 17.3 Å². The number of aryl methyl sites for hydroxylation is 1. The second-order valence-electron chi connectivity index (χ2n) is 7.46. The minimum atomic E-state index is -3.52. The van der Waals surface area contributed by atoms with Crippen LogP contribution in [0.2, 0.25) is 0 Å². The first-order valence-corrected chi connectivity index (χ1v) is 10.6. The van der Waals surface area contributed by atoms with Gasteiger partial charge in [0, 0.05) is 51.3 Å². The van der Waals surface area contributed by atoms with Gasteiger partial charge in [0.05, 0.1) is 6.20 Å². The molecule has 0 bridgehead atoms. The van der Waals surface area contributed by atoms with E-state index in [1.54, 1.807) is 17.5 Å². The summed E-state index contributed by atoms with van der Waals surface area (Å²) in [4.78, 5) is 14.4. The average molecular weight is 369 g/mol. The summed E-state index contributed by atoms with van der Waals surface area (Å²) in [6.07, 6.45) is 8.16. The zero-order valence-electron chi connectivity index (χ0n) is 15.1. The predicted octanol–water partition coefficient (Wildman–Crippen LogP) is 1.61. The standard InChI is InChI=1S/C17H28N4O3S/c1-3-4-9-20-13-17(8-6-16(20)22)7-5-10-21(14-17)25(23,24)15-11-18-19(2)12-15/h11-12H,3-10,13-14H2,1-2H3/t17-/m0/s1. The van der Waals surface area contributed by atoms with Crippen LogP contribution in [0.1, 0.15) is 45.4 Å². The molecule has 2 aliphatic rings. The zero-order valence-corrected chi connectivity index (χ0v) is 16.0. The van der Waals surface area contributed by atoms with Crippen molar-refractivity contribution >= 4 is 15.9 Å². The van der Waals surface area contributed by atoms with Crippen LogP contribution in [0.25, 0.3) is 0 Å². The van der Waals surface area contributed by atoms with E-state index < -0.39 is 10.0 Å². The summed E-state index contributed by atoms with van der Waals surface area (Å²) in [5.74, 6) is 0.214. The van der Waals surface area contributed by atoms with Crippen molar-refractivity contribution in [1.29, 1.82) is 0 Å². The lowest BCUT2D eigenvalue weighted by molar-refractivity contribution is -0.138. The van der Waals surface area contributed by atoms with Crippen LogP contribution >= 0.6 is 0 Å². The smallest absolute Gasteiger partial charge is 0.246 e. The third-order valence-corrected chi connectivity index (χ3v) is 7.27. The van der Waals surface area contributed by atoms with Crippen LogP contribution in [-0.4, -0.2) is 59.5 Å². The van der Waals surface area contributed by atoms with E-state index in [4.69, 9.17) is 0 Å². The number of aromatic nitrogens is 2. The number of carbonyl (C=O) groups is 1. The number of unbranched alkanes of at least 4 members (excludes halogenated alkanes) is 1. The summed E-state index contributed by atoms with van der Waals surface area (Å²) in [7, 11) is -1.80. The molecule has 0 radical (unpaired) electrons. The Balaban J connectivity index is 1.77. The molecule has 25 heavy (non-hydrogen) atoms. The van der Waals surface area contributed by atoms with E-state index in [1.165, 1.54) is 10.9 Å². The van der Waals surface area contributed by atoms with Gasteiger partial charge in [-0.05, 0) is 25.7 Å². The van der Waals surface area contributed by atoms with E-state index in [0.29, 0.717) is 26.1 Å². The molecule has 1 atom stereocenters. The highest BCUT2D eigenvalue weighted by atomic mass is 32.2. The maximum Gasteiger partial charge on any atom is 0.246 e. The first-order valence-electron chi connectivity index (χ1n) is 9.13. The van der Waals surface area contributed by atoms with Crippen LogP contribution in [0.3, 0.4) is 0 Å². The molecular weight excluding hydrogens is 340 g/mol. The quantitative estimate of drug-likeness (QED) is 0.791. The summed E-state index contributed by atoms with van der Waals surface area (Å²) in [6.45, 7) is 4.63. The molecule has 0 unspecified atom stereocenters. The summed E-state index contributed by atoms with van der Waals surface area (Å²) < 4.78 is 29.0. The minimum absolute atomic E-state index is 0.102. The second kappa shape index (κ2) is 7.07. The highest BCUT2D eigenvalue weighted by Gasteiger charge is 2.44. The van der Waals surface area contributed by atoms with Gasteiger partial charge in [-0.15, -0.1) is 0 Å². The van der Waals surface area contributed by atoms with Crippen molar-refractivity contribution in [1.82, 2.24) is 19.0 Å². The van der Waals surface area contributed by atoms with E-state index >= 15 is 0 Å². The van der Waals surface area contributed by atoms with Crippen LogP contribution < -0.4 is 0 Å². The molecule has 3 rings (SSSR count). The molecule has 0 aliphatic carbocycles. The Morgan fingerprint density at radius 2 is 2.08 bits per heavy atom. The highest BCUT2D eigenvalue weighted by molar-refractivity contribution is 7.89. The average Bonchev–Trinajstić information content (AvgIpc) is 3.03. The number of amides is 1. The van der Waals surface area contributed by atoms with Gasteiger partial charge in [0.15, 0.2) is 0 Å². The number of hydrogen-bond donors (Lipinski definition) is 0. The van der Waals surface area contributed by atoms with Gasteiger partial charge in [-0.2, -0.15) is 9.40 Å². The molecule has 0 aromatic carbocycles. The molecule has 1 aromatic rings. The molecular formula is C17H28N4O3S. The fraction of sp³-hybridized carbons (Fsp3) is 0.765. The van der Waals surface area contributed by atoms with E-state index in [0.717, 1.165) is 38.6 Å². The molecule has 1 spiro atoms. The van der Waals surface area contributed by atoms with Crippen molar-refractivity contribution in [2.75, 3.05) is 26.2 Å². The lowest BCUT2D eigenvalue weighted by atomic mass is 9.74. The second-order valence-corrected chi connectivity index (χ2v) is 9.40. The first-order chi connectivity index (χ1) is 11.9. The first kappa shape index (κ1) is 18.4. The van der Waals surface area contributed by atoms with E-state index in [9.17, 15) is 13.2 Å². The van der Waals surface area contributed by atoms with Crippen molar-refractivity contribution in [3.8, 4) is 0 Å². The maximum absolute atomic E-state index is 12.9. The Morgan fingerprint density at radius 3 is 2.76 bits per heavy atom. The van der Waals surface area contributed by atoms with Crippen LogP contribution in [0.5, 0.6) is 0 Å². The van der Waals surface area contributed by atoms with Crippen LogP contribution in [0.4, 0.5) is 0 Å². The summed E-state index contributed by atoms with van der Waals surface area (Å²) in [5.41, 5.74) is -0.102. The van der Waals surface area contributed by atoms with Gasteiger partial charge in [-0.25, -0.2) is 8.42 Å². The number of likely N-dealkylation sites (tertiary alicyclic amines) is 1. The number of sulfonamides is 1. The molecule has 7 nitrogen and oxygen atoms in total. The number of nitrogens with zero attached hydrogens (tertiary/aromatic N) is 4. The fourth-order valence-electron chi connectivity index (χ4n) is 4.04. The largest absolute Gasteiger partial charge is 0.342 e. The SMILES string of the molecule is CCCCN1C[C@]2(CCCN(S(=O)(=O)c3cnn(C)c3)C2)CCC1=O. The van der Waals surface area contributed by atoms with Gasteiger partial charge >= 0.3 is 0 Å². The summed E-state index contributed by atoms with van der Waals surface area (Å²) >= 11 is 0. The van der Waals surface area contributed by atoms with Crippen molar-refractivity contribution < 1.29 is 13.2 Å². The Morgan fingerprint density at radius 1 is 1.28 bits per heavy atom. The summed E-state index contributed by atoms with van der Waals surface area (Å²) in [6, 6.07) is 0. The molecule has 140 valence electrons. The lowest BCUT2D eigenvalue weighted by Gasteiger charge is -2.47. The van der Waals surface area contributed by atoms with Gasteiger partial charge < -0.3 is 4.90 Å². The van der Waals surface area contributed by atoms with Crippen LogP contribution in [0, 0.1) is 5.41 Å². The predicted molar refractivity (Wildman–Crippen MR) is 94.4 cm³/mol. The van der Waals surface area contributed by atoms with Crippen molar-refractivity contribution in [2.24, 2.45) is 12.5 Å². The molecule has 2 fully saturated rings. The molecule has 3 heterocycles. The third-order valence-electron chi connectivity index (χ3n) is 5.48. The number of hydrogen-bond acceptors (Lipinski definition) is 4. The van der Waals surface area contributed by atoms with E-state index in [2.05, 4.69) is 12.0 Å². The third kappa shape index (κ3) is 3.74. The Kier molecular flexibility index (Phi) is 5.20. The van der Waals surface area contributed by atoms with Gasteiger partial charge in [0.1, 0.15) is 4.90 Å². The van der Waals surface area contributed by atoms with Crippen molar-refractivity contribution in [2.45, 2.75) is 50.3 Å². The van der Waals surface area contributed by atoms with Gasteiger partial charge in [0.25, 0.3) is 0 Å². The molecule has 1 aromatic heterocycles. The highest BCUT2D eigenvalue weighted by Crippen LogP contribution is 2.40. The van der Waals surface area contributed by atoms with Crippen LogP contribution in [-0.2, 0) is 21.9 Å². The summed E-state index contributed by atoms with van der Waals surface area (Å²) in [5, 5.41) is 4.00. The molecule has 8 heteroatoms. The van der Waals surface area contributed by atoms with E-state index in [-0.39, 0.29) is 16.2 Å². The maximum atomic E-state index is 12.9. The topological polar surface area (TPSA) is 75.5 Å². The Bertz CT molecular complexity index is 730. The van der Waals surface area contributed by atoms with Crippen molar-refractivity contribution in [3.63, 3.8) is 0 Å². The normalized spacial score (nSPS) is 25.7. The lowest BCUT2D eigenvalue weighted by Crippen LogP contribution is -2.55. The number of piperidine rings is 2. The zero-order chi connectivity index (χ0) is 18.1. The molecule has 2 saturated heterocycles. The minimum Gasteiger partial charge on any atom is -0.342 e. The van der Waals surface area contributed by atoms with Gasteiger partial charge in [-0.3, -0.25) is 9.48 Å². The number of rotatable bonds is 5. The molecule has 0 N–H and O–H groups in total. The van der Waals surface area contributed by atoms with Crippen molar-refractivity contribution in [3.05, 3.63) is 12.4 Å². The molecule has 0 saturated carbocycles. The van der Waals surface area contributed by atoms with Gasteiger partial charge in [0.2, 0.25) is 15.9 Å². The Hall–Kier alpha value is -1.41.